The molecule has 4 heteroatoms. The molecule has 0 N–H and O–H groups in total. The molecule has 0 amide bonds. The smallest absolute Gasteiger partial charge is 0.203 e. The molecule has 2 aromatic carbocycles. The van der Waals surface area contributed by atoms with Gasteiger partial charge >= 0.3 is 0 Å². The highest BCUT2D eigenvalue weighted by molar-refractivity contribution is 5.65. The standard InChI is InChI=1S/C16H16O4/c1-17-14-9-13-11(15(18-2)16(14)19-3)8-10-6-4-5-7-12(10)20-13/h4-7,9H,8H2,1-3H3. The number of hydrogen-bond donors (Lipinski definition) is 0. The maximum atomic E-state index is 5.95. The zero-order valence-electron chi connectivity index (χ0n) is 11.7. The Bertz CT molecular complexity index is 649. The Balaban J connectivity index is 2.18. The van der Waals surface area contributed by atoms with Crippen molar-refractivity contribution in [3.63, 3.8) is 0 Å². The molecule has 1 aliphatic heterocycles. The van der Waals surface area contributed by atoms with Crippen molar-refractivity contribution in [3.8, 4) is 28.7 Å². The molecule has 0 bridgehead atoms. The van der Waals surface area contributed by atoms with Gasteiger partial charge in [0.05, 0.1) is 21.3 Å². The monoisotopic (exact) mass is 272 g/mol. The van der Waals surface area contributed by atoms with Crippen LogP contribution in [0.4, 0.5) is 0 Å². The summed E-state index contributed by atoms with van der Waals surface area (Å²) in [6.45, 7) is 0. The third-order valence-electron chi connectivity index (χ3n) is 3.45. The van der Waals surface area contributed by atoms with Crippen molar-refractivity contribution in [2.24, 2.45) is 0 Å². The second-order valence-corrected chi connectivity index (χ2v) is 4.51. The van der Waals surface area contributed by atoms with Crippen molar-refractivity contribution >= 4 is 0 Å². The van der Waals surface area contributed by atoms with Crippen LogP contribution >= 0.6 is 0 Å². The normalized spacial score (nSPS) is 11.9. The van der Waals surface area contributed by atoms with Crippen molar-refractivity contribution in [1.82, 2.24) is 0 Å². The highest BCUT2D eigenvalue weighted by atomic mass is 16.5. The number of fused-ring (bicyclic) bond motifs is 2. The summed E-state index contributed by atoms with van der Waals surface area (Å²) in [5.74, 6) is 3.48. The predicted molar refractivity (Wildman–Crippen MR) is 75.4 cm³/mol. The lowest BCUT2D eigenvalue weighted by Crippen LogP contribution is -2.07. The Morgan fingerprint density at radius 3 is 2.35 bits per heavy atom. The molecule has 1 aliphatic rings. The van der Waals surface area contributed by atoms with Crippen LogP contribution in [-0.2, 0) is 6.42 Å². The van der Waals surface area contributed by atoms with E-state index in [0.717, 1.165) is 29.0 Å². The largest absolute Gasteiger partial charge is 0.493 e. The molecule has 2 aromatic rings. The van der Waals surface area contributed by atoms with E-state index in [0.29, 0.717) is 17.2 Å². The first-order valence-electron chi connectivity index (χ1n) is 6.36. The number of para-hydroxylation sites is 1. The lowest BCUT2D eigenvalue weighted by atomic mass is 9.98. The molecule has 0 fully saturated rings. The van der Waals surface area contributed by atoms with Crippen LogP contribution in [0, 0.1) is 0 Å². The van der Waals surface area contributed by atoms with Gasteiger partial charge in [0.15, 0.2) is 11.5 Å². The van der Waals surface area contributed by atoms with Gasteiger partial charge in [-0.2, -0.15) is 0 Å². The molecule has 0 unspecified atom stereocenters. The third kappa shape index (κ3) is 1.84. The first-order valence-corrected chi connectivity index (χ1v) is 6.36. The fraction of sp³-hybridized carbons (Fsp3) is 0.250. The van der Waals surface area contributed by atoms with E-state index in [2.05, 4.69) is 6.07 Å². The molecule has 1 heterocycles. The second-order valence-electron chi connectivity index (χ2n) is 4.51. The molecule has 3 rings (SSSR count). The van der Waals surface area contributed by atoms with Crippen molar-refractivity contribution in [1.29, 1.82) is 0 Å². The Morgan fingerprint density at radius 1 is 0.900 bits per heavy atom. The molecule has 0 aromatic heterocycles. The quantitative estimate of drug-likeness (QED) is 0.732. The van der Waals surface area contributed by atoms with E-state index in [4.69, 9.17) is 18.9 Å². The molecule has 20 heavy (non-hydrogen) atoms. The Morgan fingerprint density at radius 2 is 1.65 bits per heavy atom. The molecule has 0 radical (unpaired) electrons. The van der Waals surface area contributed by atoms with Crippen LogP contribution in [-0.4, -0.2) is 21.3 Å². The number of rotatable bonds is 3. The van der Waals surface area contributed by atoms with Gasteiger partial charge < -0.3 is 18.9 Å². The van der Waals surface area contributed by atoms with Gasteiger partial charge in [-0.25, -0.2) is 0 Å². The summed E-state index contributed by atoms with van der Waals surface area (Å²) in [6, 6.07) is 9.81. The van der Waals surface area contributed by atoms with Crippen molar-refractivity contribution < 1.29 is 18.9 Å². The van der Waals surface area contributed by atoms with E-state index in [1.54, 1.807) is 21.3 Å². The lowest BCUT2D eigenvalue weighted by Gasteiger charge is -2.24. The molecule has 104 valence electrons. The van der Waals surface area contributed by atoms with E-state index in [1.807, 2.05) is 24.3 Å². The molecule has 0 saturated heterocycles. The van der Waals surface area contributed by atoms with Gasteiger partial charge in [0, 0.05) is 18.1 Å². The number of hydrogen-bond acceptors (Lipinski definition) is 4. The Kier molecular flexibility index (Phi) is 3.14. The van der Waals surface area contributed by atoms with Crippen LogP contribution in [0.3, 0.4) is 0 Å². The average Bonchev–Trinajstić information content (AvgIpc) is 2.50. The summed E-state index contributed by atoms with van der Waals surface area (Å²) in [5.41, 5.74) is 2.11. The molecule has 0 aliphatic carbocycles. The first kappa shape index (κ1) is 12.7. The second kappa shape index (κ2) is 4.96. The van der Waals surface area contributed by atoms with Gasteiger partial charge in [0.2, 0.25) is 5.75 Å². The van der Waals surface area contributed by atoms with E-state index in [-0.39, 0.29) is 0 Å². The number of benzene rings is 2. The molecule has 4 nitrogen and oxygen atoms in total. The summed E-state index contributed by atoms with van der Waals surface area (Å²) >= 11 is 0. The summed E-state index contributed by atoms with van der Waals surface area (Å²) in [5, 5.41) is 0. The molecular weight excluding hydrogens is 256 g/mol. The zero-order valence-corrected chi connectivity index (χ0v) is 11.7. The van der Waals surface area contributed by atoms with Crippen LogP contribution in [0.2, 0.25) is 0 Å². The fourth-order valence-corrected chi connectivity index (χ4v) is 2.51. The molecule has 0 atom stereocenters. The average molecular weight is 272 g/mol. The van der Waals surface area contributed by atoms with Crippen LogP contribution in [0.5, 0.6) is 28.7 Å². The van der Waals surface area contributed by atoms with Crippen molar-refractivity contribution in [2.75, 3.05) is 21.3 Å². The summed E-state index contributed by atoms with van der Waals surface area (Å²) in [4.78, 5) is 0. The molecule has 0 saturated carbocycles. The lowest BCUT2D eigenvalue weighted by molar-refractivity contribution is 0.317. The van der Waals surface area contributed by atoms with Gasteiger partial charge in [0.1, 0.15) is 11.5 Å². The summed E-state index contributed by atoms with van der Waals surface area (Å²) in [6.07, 6.45) is 0.745. The minimum Gasteiger partial charge on any atom is -0.493 e. The van der Waals surface area contributed by atoms with Gasteiger partial charge in [-0.15, -0.1) is 0 Å². The first-order chi connectivity index (χ1) is 9.78. The molecule has 0 spiro atoms. The zero-order chi connectivity index (χ0) is 14.1. The maximum Gasteiger partial charge on any atom is 0.203 e. The topological polar surface area (TPSA) is 36.9 Å². The van der Waals surface area contributed by atoms with Gasteiger partial charge in [0.25, 0.3) is 0 Å². The van der Waals surface area contributed by atoms with E-state index < -0.39 is 0 Å². The van der Waals surface area contributed by atoms with E-state index >= 15 is 0 Å². The van der Waals surface area contributed by atoms with E-state index in [1.165, 1.54) is 0 Å². The van der Waals surface area contributed by atoms with Crippen LogP contribution in [0.15, 0.2) is 30.3 Å². The highest BCUT2D eigenvalue weighted by Gasteiger charge is 2.26. The van der Waals surface area contributed by atoms with Gasteiger partial charge in [-0.1, -0.05) is 18.2 Å². The number of ether oxygens (including phenoxy) is 4. The van der Waals surface area contributed by atoms with Crippen LogP contribution in [0.25, 0.3) is 0 Å². The minimum atomic E-state index is 0.594. The minimum absolute atomic E-state index is 0.594. The highest BCUT2D eigenvalue weighted by Crippen LogP contribution is 2.49. The summed E-state index contributed by atoms with van der Waals surface area (Å²) < 4.78 is 22.2. The van der Waals surface area contributed by atoms with Crippen LogP contribution < -0.4 is 18.9 Å². The Labute approximate surface area is 117 Å². The van der Waals surface area contributed by atoms with Gasteiger partial charge in [-0.05, 0) is 11.6 Å². The van der Waals surface area contributed by atoms with Gasteiger partial charge in [-0.3, -0.25) is 0 Å². The Hall–Kier alpha value is -2.36. The maximum absolute atomic E-state index is 5.95. The third-order valence-corrected chi connectivity index (χ3v) is 3.45. The number of methoxy groups -OCH3 is 3. The van der Waals surface area contributed by atoms with Crippen molar-refractivity contribution in [2.45, 2.75) is 6.42 Å². The van der Waals surface area contributed by atoms with E-state index in [9.17, 15) is 0 Å². The summed E-state index contributed by atoms with van der Waals surface area (Å²) in [7, 11) is 4.82. The SMILES string of the molecule is COc1cc2c(c(OC)c1OC)Cc1ccccc1O2. The fourth-order valence-electron chi connectivity index (χ4n) is 2.51. The predicted octanol–water partition coefficient (Wildman–Crippen LogP) is 3.41. The molecular formula is C16H16O4. The van der Waals surface area contributed by atoms with Crippen LogP contribution in [0.1, 0.15) is 11.1 Å². The van der Waals surface area contributed by atoms with Crippen molar-refractivity contribution in [3.05, 3.63) is 41.5 Å².